The molecule has 1 saturated carbocycles. The van der Waals surface area contributed by atoms with Gasteiger partial charge < -0.3 is 14.4 Å². The van der Waals surface area contributed by atoms with Crippen molar-refractivity contribution in [1.29, 1.82) is 5.26 Å². The zero-order chi connectivity index (χ0) is 25.2. The summed E-state index contributed by atoms with van der Waals surface area (Å²) < 4.78 is 10.9. The zero-order valence-corrected chi connectivity index (χ0v) is 20.7. The summed E-state index contributed by atoms with van der Waals surface area (Å²) >= 11 is 0. The van der Waals surface area contributed by atoms with Crippen molar-refractivity contribution in [3.8, 4) is 17.2 Å². The molecule has 3 fully saturated rings. The van der Waals surface area contributed by atoms with Crippen LogP contribution in [0.2, 0.25) is 0 Å². The van der Waals surface area contributed by atoms with E-state index in [9.17, 15) is 9.59 Å². The van der Waals surface area contributed by atoms with Crippen LogP contribution in [0.1, 0.15) is 37.9 Å². The lowest BCUT2D eigenvalue weighted by Crippen LogP contribution is -2.51. The van der Waals surface area contributed by atoms with E-state index >= 15 is 0 Å². The van der Waals surface area contributed by atoms with Crippen LogP contribution in [0.15, 0.2) is 48.7 Å². The van der Waals surface area contributed by atoms with Crippen molar-refractivity contribution in [3.05, 3.63) is 59.9 Å². The van der Waals surface area contributed by atoms with E-state index in [-0.39, 0.29) is 41.8 Å². The highest BCUT2D eigenvalue weighted by molar-refractivity contribution is 5.76. The van der Waals surface area contributed by atoms with Gasteiger partial charge in [0.15, 0.2) is 0 Å². The Morgan fingerprint density at radius 3 is 2.92 bits per heavy atom. The molecule has 186 valence electrons. The first-order valence-corrected chi connectivity index (χ1v) is 12.8. The molecule has 1 aromatic heterocycles. The number of piperidine rings is 1. The predicted molar refractivity (Wildman–Crippen MR) is 134 cm³/mol. The fourth-order valence-corrected chi connectivity index (χ4v) is 6.39. The zero-order valence-electron chi connectivity index (χ0n) is 20.7. The van der Waals surface area contributed by atoms with Crippen molar-refractivity contribution >= 4 is 18.1 Å². The molecule has 6 unspecified atom stereocenters. The fourth-order valence-electron chi connectivity index (χ4n) is 6.39. The first kappa shape index (κ1) is 24.1. The van der Waals surface area contributed by atoms with Crippen LogP contribution < -0.4 is 0 Å². The number of fused-ring (bicyclic) bond motifs is 2. The Hall–Kier alpha value is -3.66. The summed E-state index contributed by atoms with van der Waals surface area (Å²) in [6, 6.07) is 13.6. The Bertz CT molecular complexity index is 1200. The largest absolute Gasteiger partial charge is 0.462 e. The van der Waals surface area contributed by atoms with E-state index in [1.54, 1.807) is 11.0 Å². The van der Waals surface area contributed by atoms with Gasteiger partial charge in [0.25, 0.3) is 0 Å². The highest BCUT2D eigenvalue weighted by Crippen LogP contribution is 2.51. The standard InChI is InChI=1S/C29H31N3O4/c1-3-35-29(34)32-12-11-24-22(17-32)14-26-27(18(2)36-28(26)33)25(24)10-9-23-8-7-21(16-31-23)20-6-4-5-19(13-20)15-30/h4-10,13,16,18,22,24-27H,3,11-12,14,17H2,1-2H3/b10-9+. The highest BCUT2D eigenvalue weighted by Gasteiger charge is 2.54. The lowest BCUT2D eigenvalue weighted by Gasteiger charge is -2.48. The van der Waals surface area contributed by atoms with Crippen molar-refractivity contribution in [2.45, 2.75) is 32.8 Å². The van der Waals surface area contributed by atoms with Crippen molar-refractivity contribution in [2.75, 3.05) is 19.7 Å². The third-order valence-electron chi connectivity index (χ3n) is 8.03. The Morgan fingerprint density at radius 2 is 2.17 bits per heavy atom. The van der Waals surface area contributed by atoms with Gasteiger partial charge in [0.1, 0.15) is 6.10 Å². The normalized spacial score (nSPS) is 29.2. The van der Waals surface area contributed by atoms with Crippen molar-refractivity contribution in [1.82, 2.24) is 9.88 Å². The molecule has 1 aromatic carbocycles. The van der Waals surface area contributed by atoms with E-state index in [2.05, 4.69) is 17.1 Å². The molecule has 5 rings (SSSR count). The van der Waals surface area contributed by atoms with Crippen LogP contribution in [0.5, 0.6) is 0 Å². The lowest BCUT2D eigenvalue weighted by atomic mass is 9.59. The number of aromatic nitrogens is 1. The molecule has 0 radical (unpaired) electrons. The van der Waals surface area contributed by atoms with Gasteiger partial charge in [-0.15, -0.1) is 0 Å². The number of carbonyl (C=O) groups is 2. The number of allylic oxidation sites excluding steroid dienone is 1. The number of cyclic esters (lactones) is 1. The summed E-state index contributed by atoms with van der Waals surface area (Å²) in [6.45, 7) is 5.46. The number of rotatable bonds is 4. The Kier molecular flexibility index (Phi) is 6.77. The molecule has 36 heavy (non-hydrogen) atoms. The van der Waals surface area contributed by atoms with Crippen LogP contribution in [0.3, 0.4) is 0 Å². The second-order valence-electron chi connectivity index (χ2n) is 10.0. The Labute approximate surface area is 211 Å². The first-order chi connectivity index (χ1) is 17.5. The van der Waals surface area contributed by atoms with Crippen LogP contribution in [-0.2, 0) is 14.3 Å². The summed E-state index contributed by atoms with van der Waals surface area (Å²) in [5.74, 6) is 0.670. The number of esters is 1. The molecule has 2 saturated heterocycles. The number of amides is 1. The van der Waals surface area contributed by atoms with Gasteiger partial charge in [-0.1, -0.05) is 24.3 Å². The minimum atomic E-state index is -0.267. The third-order valence-corrected chi connectivity index (χ3v) is 8.03. The van der Waals surface area contributed by atoms with Crippen molar-refractivity contribution < 1.29 is 19.1 Å². The maximum absolute atomic E-state index is 12.7. The topological polar surface area (TPSA) is 92.5 Å². The number of likely N-dealkylation sites (tertiary alicyclic amines) is 1. The second-order valence-corrected chi connectivity index (χ2v) is 10.0. The first-order valence-electron chi connectivity index (χ1n) is 12.8. The predicted octanol–water partition coefficient (Wildman–Crippen LogP) is 4.93. The van der Waals surface area contributed by atoms with E-state index in [4.69, 9.17) is 14.7 Å². The molecule has 1 amide bonds. The molecule has 6 atom stereocenters. The van der Waals surface area contributed by atoms with E-state index < -0.39 is 0 Å². The molecule has 1 aliphatic carbocycles. The number of carbonyl (C=O) groups excluding carboxylic acids is 2. The second kappa shape index (κ2) is 10.1. The number of hydrogen-bond donors (Lipinski definition) is 0. The van der Waals surface area contributed by atoms with E-state index in [1.807, 2.05) is 56.5 Å². The smallest absolute Gasteiger partial charge is 0.409 e. The fraction of sp³-hybridized carbons (Fsp3) is 0.448. The number of pyridine rings is 1. The van der Waals surface area contributed by atoms with Crippen LogP contribution in [-0.4, -0.2) is 47.7 Å². The van der Waals surface area contributed by atoms with Gasteiger partial charge in [-0.25, -0.2) is 4.79 Å². The summed E-state index contributed by atoms with van der Waals surface area (Å²) in [6.07, 6.45) is 7.34. The molecule has 3 aliphatic rings. The molecule has 0 bridgehead atoms. The van der Waals surface area contributed by atoms with Gasteiger partial charge in [-0.3, -0.25) is 9.78 Å². The molecule has 0 N–H and O–H groups in total. The molecular formula is C29H31N3O4. The average Bonchev–Trinajstić information content (AvgIpc) is 3.19. The van der Waals surface area contributed by atoms with Gasteiger partial charge in [0.05, 0.1) is 29.9 Å². The molecule has 7 heteroatoms. The third kappa shape index (κ3) is 4.60. The van der Waals surface area contributed by atoms with Gasteiger partial charge >= 0.3 is 12.1 Å². The summed E-state index contributed by atoms with van der Waals surface area (Å²) in [7, 11) is 0. The van der Waals surface area contributed by atoms with Crippen LogP contribution in [0.4, 0.5) is 4.79 Å². The quantitative estimate of drug-likeness (QED) is 0.571. The molecule has 3 heterocycles. The average molecular weight is 486 g/mol. The van der Waals surface area contributed by atoms with Crippen molar-refractivity contribution in [2.24, 2.45) is 29.6 Å². The molecule has 2 aromatic rings. The van der Waals surface area contributed by atoms with E-state index in [0.29, 0.717) is 31.2 Å². The molecule has 0 spiro atoms. The maximum atomic E-state index is 12.7. The molecular weight excluding hydrogens is 454 g/mol. The summed E-state index contributed by atoms with van der Waals surface area (Å²) in [5.41, 5.74) is 3.38. The number of hydrogen-bond acceptors (Lipinski definition) is 6. The van der Waals surface area contributed by atoms with E-state index in [0.717, 1.165) is 29.7 Å². The minimum absolute atomic E-state index is 0.111. The van der Waals surface area contributed by atoms with Crippen LogP contribution in [0.25, 0.3) is 17.2 Å². The molecule has 2 aliphatic heterocycles. The van der Waals surface area contributed by atoms with E-state index in [1.165, 1.54) is 0 Å². The monoisotopic (exact) mass is 485 g/mol. The Balaban J connectivity index is 1.37. The highest BCUT2D eigenvalue weighted by atomic mass is 16.6. The number of nitriles is 1. The van der Waals surface area contributed by atoms with Crippen molar-refractivity contribution in [3.63, 3.8) is 0 Å². The number of ether oxygens (including phenoxy) is 2. The SMILES string of the molecule is CCOC(=O)N1CCC2C(CC3C(=O)OC(C)C3C2/C=C/c2ccc(-c3cccc(C#N)c3)cn2)C1. The molecule has 7 nitrogen and oxygen atoms in total. The minimum Gasteiger partial charge on any atom is -0.462 e. The van der Waals surface area contributed by atoms with Gasteiger partial charge in [-0.05, 0) is 74.3 Å². The lowest BCUT2D eigenvalue weighted by molar-refractivity contribution is -0.144. The van der Waals surface area contributed by atoms with Gasteiger partial charge in [0, 0.05) is 30.8 Å². The van der Waals surface area contributed by atoms with Crippen LogP contribution in [0, 0.1) is 40.9 Å². The van der Waals surface area contributed by atoms with Gasteiger partial charge in [0.2, 0.25) is 0 Å². The Morgan fingerprint density at radius 1 is 1.31 bits per heavy atom. The summed E-state index contributed by atoms with van der Waals surface area (Å²) in [5, 5.41) is 9.16. The van der Waals surface area contributed by atoms with Gasteiger partial charge in [-0.2, -0.15) is 5.26 Å². The van der Waals surface area contributed by atoms with Crippen LogP contribution >= 0.6 is 0 Å². The summed E-state index contributed by atoms with van der Waals surface area (Å²) in [4.78, 5) is 31.4. The maximum Gasteiger partial charge on any atom is 0.409 e. The number of benzene rings is 1. The number of nitrogens with zero attached hydrogens (tertiary/aromatic N) is 3.